The molecular formula is C21H29N3O4S. The molecule has 0 aromatic heterocycles. The van der Waals surface area contributed by atoms with Gasteiger partial charge in [0.25, 0.3) is 0 Å². The Morgan fingerprint density at radius 3 is 2.38 bits per heavy atom. The molecule has 2 amide bonds. The fourth-order valence-electron chi connectivity index (χ4n) is 5.26. The van der Waals surface area contributed by atoms with Crippen LogP contribution in [0, 0.1) is 0 Å². The van der Waals surface area contributed by atoms with E-state index in [4.69, 9.17) is 4.74 Å². The second-order valence-electron chi connectivity index (χ2n) is 8.81. The second-order valence-corrected chi connectivity index (χ2v) is 10.8. The maximum absolute atomic E-state index is 12.6. The van der Waals surface area contributed by atoms with Crippen molar-refractivity contribution in [3.63, 3.8) is 0 Å². The lowest BCUT2D eigenvalue weighted by atomic mass is 9.99. The minimum atomic E-state index is -3.68. The standard InChI is InChI=1S/C21H29N3O4S/c25-21(22-20-18-7-1-4-14(18)10-15-5-2-8-19(15)20)23-29(26,27)17-12-24(13-17)11-16-6-3-9-28-16/h10,16-17H,1-9,11-13H2,(H2,22,23,25). The molecule has 5 rings (SSSR count). The molecule has 0 bridgehead atoms. The molecule has 1 unspecified atom stereocenters. The molecule has 1 aromatic carbocycles. The van der Waals surface area contributed by atoms with E-state index in [2.05, 4.69) is 21.0 Å². The molecule has 1 aromatic rings. The summed E-state index contributed by atoms with van der Waals surface area (Å²) in [5.41, 5.74) is 5.89. The average Bonchev–Trinajstić information content (AvgIpc) is 3.37. The normalized spacial score (nSPS) is 24.2. The third-order valence-electron chi connectivity index (χ3n) is 6.79. The minimum absolute atomic E-state index is 0.220. The fourth-order valence-corrected chi connectivity index (χ4v) is 6.55. The Bertz CT molecular complexity index is 886. The van der Waals surface area contributed by atoms with Crippen LogP contribution in [0.1, 0.15) is 47.9 Å². The lowest BCUT2D eigenvalue weighted by molar-refractivity contribution is 0.0529. The van der Waals surface area contributed by atoms with Gasteiger partial charge in [0.2, 0.25) is 10.0 Å². The summed E-state index contributed by atoms with van der Waals surface area (Å²) in [6.07, 6.45) is 8.51. The first kappa shape index (κ1) is 19.3. The minimum Gasteiger partial charge on any atom is -0.377 e. The molecule has 7 nitrogen and oxygen atoms in total. The maximum Gasteiger partial charge on any atom is 0.332 e. The molecule has 2 fully saturated rings. The van der Waals surface area contributed by atoms with E-state index >= 15 is 0 Å². The van der Waals surface area contributed by atoms with Crippen molar-refractivity contribution in [1.82, 2.24) is 9.62 Å². The van der Waals surface area contributed by atoms with Gasteiger partial charge >= 0.3 is 6.03 Å². The molecule has 158 valence electrons. The largest absolute Gasteiger partial charge is 0.377 e. The monoisotopic (exact) mass is 419 g/mol. The number of nitrogens with zero attached hydrogens (tertiary/aromatic N) is 1. The number of carbonyl (C=O) groups is 1. The Hall–Kier alpha value is -1.64. The van der Waals surface area contributed by atoms with Crippen LogP contribution in [0.4, 0.5) is 10.5 Å². The van der Waals surface area contributed by atoms with Gasteiger partial charge in [-0.15, -0.1) is 0 Å². The highest BCUT2D eigenvalue weighted by Crippen LogP contribution is 2.38. The Kier molecular flexibility index (Phi) is 5.04. The highest BCUT2D eigenvalue weighted by atomic mass is 32.2. The Labute approximate surface area is 172 Å². The number of likely N-dealkylation sites (tertiary alicyclic amines) is 1. The van der Waals surface area contributed by atoms with Gasteiger partial charge in [-0.1, -0.05) is 6.07 Å². The van der Waals surface area contributed by atoms with Crippen molar-refractivity contribution in [2.45, 2.75) is 62.7 Å². The first-order valence-electron chi connectivity index (χ1n) is 10.8. The molecule has 2 heterocycles. The van der Waals surface area contributed by atoms with Crippen molar-refractivity contribution in [2.75, 3.05) is 31.6 Å². The van der Waals surface area contributed by atoms with Crippen LogP contribution in [0.15, 0.2) is 6.07 Å². The van der Waals surface area contributed by atoms with Crippen LogP contribution >= 0.6 is 0 Å². The number of ether oxygens (including phenoxy) is 1. The number of amides is 2. The highest BCUT2D eigenvalue weighted by molar-refractivity contribution is 7.90. The molecular weight excluding hydrogens is 390 g/mol. The summed E-state index contributed by atoms with van der Waals surface area (Å²) in [5, 5.41) is 2.37. The van der Waals surface area contributed by atoms with E-state index in [-0.39, 0.29) is 6.10 Å². The third kappa shape index (κ3) is 3.78. The molecule has 2 saturated heterocycles. The number of hydrogen-bond donors (Lipinski definition) is 2. The first-order chi connectivity index (χ1) is 14.0. The van der Waals surface area contributed by atoms with Crippen LogP contribution in [-0.4, -0.2) is 56.9 Å². The van der Waals surface area contributed by atoms with E-state index in [1.165, 1.54) is 22.3 Å². The zero-order valence-electron chi connectivity index (χ0n) is 16.7. The third-order valence-corrected chi connectivity index (χ3v) is 8.44. The van der Waals surface area contributed by atoms with Crippen molar-refractivity contribution >= 4 is 21.7 Å². The fraction of sp³-hybridized carbons (Fsp3) is 0.667. The summed E-state index contributed by atoms with van der Waals surface area (Å²) in [4.78, 5) is 14.7. The molecule has 2 aliphatic carbocycles. The van der Waals surface area contributed by atoms with Crippen LogP contribution in [0.3, 0.4) is 0 Å². The number of urea groups is 1. The predicted octanol–water partition coefficient (Wildman–Crippen LogP) is 1.98. The van der Waals surface area contributed by atoms with Crippen molar-refractivity contribution in [3.05, 3.63) is 28.3 Å². The van der Waals surface area contributed by atoms with Gasteiger partial charge in [-0.2, -0.15) is 0 Å². The molecule has 0 radical (unpaired) electrons. The van der Waals surface area contributed by atoms with Crippen molar-refractivity contribution in [2.24, 2.45) is 0 Å². The zero-order valence-corrected chi connectivity index (χ0v) is 17.5. The van der Waals surface area contributed by atoms with Crippen molar-refractivity contribution in [3.8, 4) is 0 Å². The number of benzene rings is 1. The summed E-state index contributed by atoms with van der Waals surface area (Å²) in [6.45, 7) is 2.49. The number of anilines is 1. The van der Waals surface area contributed by atoms with Crippen LogP contribution in [0.5, 0.6) is 0 Å². The molecule has 2 aliphatic heterocycles. The van der Waals surface area contributed by atoms with E-state index < -0.39 is 21.3 Å². The van der Waals surface area contributed by atoms with Crippen LogP contribution < -0.4 is 10.0 Å². The number of rotatable bonds is 5. The molecule has 0 saturated carbocycles. The summed E-state index contributed by atoms with van der Waals surface area (Å²) in [5.74, 6) is 0. The van der Waals surface area contributed by atoms with E-state index in [0.717, 1.165) is 70.2 Å². The summed E-state index contributed by atoms with van der Waals surface area (Å²) < 4.78 is 33.1. The predicted molar refractivity (Wildman–Crippen MR) is 111 cm³/mol. The number of nitrogens with one attached hydrogen (secondary N) is 2. The first-order valence-corrected chi connectivity index (χ1v) is 12.4. The van der Waals surface area contributed by atoms with Gasteiger partial charge in [0.05, 0.1) is 6.10 Å². The molecule has 8 heteroatoms. The van der Waals surface area contributed by atoms with Gasteiger partial charge in [0.1, 0.15) is 5.25 Å². The van der Waals surface area contributed by atoms with E-state index in [0.29, 0.717) is 13.1 Å². The summed E-state index contributed by atoms with van der Waals surface area (Å²) in [6, 6.07) is 1.67. The Morgan fingerprint density at radius 2 is 1.76 bits per heavy atom. The lowest BCUT2D eigenvalue weighted by Crippen LogP contribution is -2.59. The van der Waals surface area contributed by atoms with Gasteiger partial charge in [-0.05, 0) is 73.6 Å². The Balaban J connectivity index is 1.21. The number of aryl methyl sites for hydroxylation is 2. The molecule has 1 atom stereocenters. The lowest BCUT2D eigenvalue weighted by Gasteiger charge is -2.39. The summed E-state index contributed by atoms with van der Waals surface area (Å²) >= 11 is 0. The van der Waals surface area contributed by atoms with Gasteiger partial charge in [0, 0.05) is 31.9 Å². The van der Waals surface area contributed by atoms with Gasteiger partial charge in [-0.3, -0.25) is 4.90 Å². The van der Waals surface area contributed by atoms with Gasteiger partial charge < -0.3 is 10.1 Å². The highest BCUT2D eigenvalue weighted by Gasteiger charge is 2.39. The average molecular weight is 420 g/mol. The van der Waals surface area contributed by atoms with Crippen LogP contribution in [0.2, 0.25) is 0 Å². The van der Waals surface area contributed by atoms with Crippen LogP contribution in [0.25, 0.3) is 0 Å². The van der Waals surface area contributed by atoms with E-state index in [1.54, 1.807) is 0 Å². The maximum atomic E-state index is 12.6. The number of sulfonamides is 1. The van der Waals surface area contributed by atoms with Gasteiger partial charge in [-0.25, -0.2) is 17.9 Å². The number of carbonyl (C=O) groups excluding carboxylic acids is 1. The zero-order chi connectivity index (χ0) is 20.0. The molecule has 4 aliphatic rings. The molecule has 29 heavy (non-hydrogen) atoms. The van der Waals surface area contributed by atoms with Crippen molar-refractivity contribution in [1.29, 1.82) is 0 Å². The van der Waals surface area contributed by atoms with E-state index in [1.807, 2.05) is 0 Å². The van der Waals surface area contributed by atoms with Gasteiger partial charge in [0.15, 0.2) is 0 Å². The SMILES string of the molecule is O=C(Nc1c2c(cc3c1CCC3)CCC2)NS(=O)(=O)C1CN(CC2CCCO2)C1. The molecule has 0 spiro atoms. The topological polar surface area (TPSA) is 87.7 Å². The number of hydrogen-bond acceptors (Lipinski definition) is 5. The van der Waals surface area contributed by atoms with Crippen LogP contribution in [-0.2, 0) is 40.4 Å². The molecule has 2 N–H and O–H groups in total. The second kappa shape index (κ2) is 7.56. The van der Waals surface area contributed by atoms with E-state index in [9.17, 15) is 13.2 Å². The number of fused-ring (bicyclic) bond motifs is 2. The summed E-state index contributed by atoms with van der Waals surface area (Å²) in [7, 11) is -3.68. The quantitative estimate of drug-likeness (QED) is 0.762. The smallest absolute Gasteiger partial charge is 0.332 e. The Morgan fingerprint density at radius 1 is 1.07 bits per heavy atom. The van der Waals surface area contributed by atoms with Crippen molar-refractivity contribution < 1.29 is 17.9 Å².